The van der Waals surface area contributed by atoms with Gasteiger partial charge < -0.3 is 15.7 Å². The average molecular weight is 200 g/mol. The zero-order chi connectivity index (χ0) is 10.4. The third-order valence-electron chi connectivity index (χ3n) is 2.65. The lowest BCUT2D eigenvalue weighted by Gasteiger charge is -2.22. The molecule has 1 fully saturated rings. The summed E-state index contributed by atoms with van der Waals surface area (Å²) in [6.45, 7) is 3.38. The second-order valence-electron chi connectivity index (χ2n) is 3.99. The number of hydrogen-bond donors (Lipinski definition) is 3. The van der Waals surface area contributed by atoms with Gasteiger partial charge in [-0.3, -0.25) is 4.79 Å². The number of carbonyl (C=O) groups excluding carboxylic acids is 1. The molecule has 1 aliphatic rings. The molecule has 0 aromatic heterocycles. The number of amides is 1. The first-order valence-electron chi connectivity index (χ1n) is 5.36. The van der Waals surface area contributed by atoms with Crippen LogP contribution in [0, 0.1) is 0 Å². The Balaban J connectivity index is 2.11. The Bertz CT molecular complexity index is 189. The van der Waals surface area contributed by atoms with Crippen molar-refractivity contribution in [1.82, 2.24) is 10.6 Å². The summed E-state index contributed by atoms with van der Waals surface area (Å²) >= 11 is 0. The van der Waals surface area contributed by atoms with E-state index < -0.39 is 5.60 Å². The van der Waals surface area contributed by atoms with E-state index in [1.807, 2.05) is 6.92 Å². The van der Waals surface area contributed by atoms with Gasteiger partial charge in [-0.15, -0.1) is 0 Å². The molecular formula is C10H20N2O2. The minimum atomic E-state index is -0.563. The quantitative estimate of drug-likeness (QED) is 0.586. The molecule has 0 heterocycles. The van der Waals surface area contributed by atoms with E-state index in [0.29, 0.717) is 19.6 Å². The van der Waals surface area contributed by atoms with Crippen LogP contribution in [0.3, 0.4) is 0 Å². The lowest BCUT2D eigenvalue weighted by Crippen LogP contribution is -2.42. The van der Waals surface area contributed by atoms with Gasteiger partial charge in [-0.2, -0.15) is 0 Å². The van der Waals surface area contributed by atoms with Crippen LogP contribution in [-0.4, -0.2) is 36.2 Å². The smallest absolute Gasteiger partial charge is 0.233 e. The van der Waals surface area contributed by atoms with E-state index in [-0.39, 0.29) is 5.91 Å². The lowest BCUT2D eigenvalue weighted by molar-refractivity contribution is -0.120. The van der Waals surface area contributed by atoms with Gasteiger partial charge >= 0.3 is 0 Å². The van der Waals surface area contributed by atoms with Crippen molar-refractivity contribution < 1.29 is 9.90 Å². The number of aliphatic hydroxyl groups is 1. The Morgan fingerprint density at radius 2 is 2.07 bits per heavy atom. The molecule has 1 amide bonds. The number of carbonyl (C=O) groups is 1. The van der Waals surface area contributed by atoms with Crippen LogP contribution in [0.4, 0.5) is 0 Å². The Labute approximate surface area is 85.1 Å². The highest BCUT2D eigenvalue weighted by Gasteiger charge is 2.30. The zero-order valence-corrected chi connectivity index (χ0v) is 8.81. The number of hydrogen-bond acceptors (Lipinski definition) is 3. The molecular weight excluding hydrogens is 180 g/mol. The van der Waals surface area contributed by atoms with E-state index in [4.69, 9.17) is 0 Å². The van der Waals surface area contributed by atoms with E-state index in [0.717, 1.165) is 25.7 Å². The maximum atomic E-state index is 11.1. The Morgan fingerprint density at radius 3 is 2.64 bits per heavy atom. The van der Waals surface area contributed by atoms with Crippen LogP contribution in [0.1, 0.15) is 32.6 Å². The van der Waals surface area contributed by atoms with Crippen molar-refractivity contribution >= 4 is 5.91 Å². The van der Waals surface area contributed by atoms with Crippen LogP contribution in [0.15, 0.2) is 0 Å². The molecule has 0 saturated heterocycles. The molecule has 1 aliphatic carbocycles. The molecule has 0 spiro atoms. The summed E-state index contributed by atoms with van der Waals surface area (Å²) in [5.74, 6) is -0.00547. The highest BCUT2D eigenvalue weighted by molar-refractivity contribution is 5.77. The molecule has 4 nitrogen and oxygen atoms in total. The van der Waals surface area contributed by atoms with Crippen molar-refractivity contribution in [3.05, 3.63) is 0 Å². The third kappa shape index (κ3) is 3.64. The fraction of sp³-hybridized carbons (Fsp3) is 0.900. The first-order chi connectivity index (χ1) is 6.66. The Morgan fingerprint density at radius 1 is 1.43 bits per heavy atom. The topological polar surface area (TPSA) is 61.4 Å². The van der Waals surface area contributed by atoms with E-state index in [9.17, 15) is 9.90 Å². The summed E-state index contributed by atoms with van der Waals surface area (Å²) in [6, 6.07) is 0. The normalized spacial score (nSPS) is 19.6. The summed E-state index contributed by atoms with van der Waals surface area (Å²) in [5.41, 5.74) is -0.563. The van der Waals surface area contributed by atoms with Crippen molar-refractivity contribution in [2.75, 3.05) is 19.6 Å². The molecule has 0 aromatic rings. The van der Waals surface area contributed by atoms with E-state index in [1.54, 1.807) is 0 Å². The summed E-state index contributed by atoms with van der Waals surface area (Å²) in [7, 11) is 0. The van der Waals surface area contributed by atoms with Gasteiger partial charge in [0, 0.05) is 13.1 Å². The summed E-state index contributed by atoms with van der Waals surface area (Å²) < 4.78 is 0. The molecule has 0 aromatic carbocycles. The van der Waals surface area contributed by atoms with Gasteiger partial charge in [0.15, 0.2) is 0 Å². The van der Waals surface area contributed by atoms with Crippen LogP contribution in [-0.2, 0) is 4.79 Å². The minimum Gasteiger partial charge on any atom is -0.389 e. The molecule has 0 aliphatic heterocycles. The van der Waals surface area contributed by atoms with Gasteiger partial charge in [-0.25, -0.2) is 0 Å². The standard InChI is InChI=1S/C10H20N2O2/c1-2-12-9(13)7-11-8-10(14)5-3-4-6-10/h11,14H,2-8H2,1H3,(H,12,13). The largest absolute Gasteiger partial charge is 0.389 e. The lowest BCUT2D eigenvalue weighted by atomic mass is 10.0. The van der Waals surface area contributed by atoms with Crippen LogP contribution in [0.5, 0.6) is 0 Å². The summed E-state index contributed by atoms with van der Waals surface area (Å²) in [6.07, 6.45) is 3.91. The summed E-state index contributed by atoms with van der Waals surface area (Å²) in [4.78, 5) is 11.1. The molecule has 82 valence electrons. The predicted molar refractivity (Wildman–Crippen MR) is 55.0 cm³/mol. The van der Waals surface area contributed by atoms with Crippen molar-refractivity contribution in [1.29, 1.82) is 0 Å². The van der Waals surface area contributed by atoms with Gasteiger partial charge in [0.25, 0.3) is 0 Å². The molecule has 3 N–H and O–H groups in total. The number of likely N-dealkylation sites (N-methyl/N-ethyl adjacent to an activating group) is 1. The van der Waals surface area contributed by atoms with Crippen molar-refractivity contribution in [2.24, 2.45) is 0 Å². The fourth-order valence-corrected chi connectivity index (χ4v) is 1.88. The number of nitrogens with one attached hydrogen (secondary N) is 2. The maximum absolute atomic E-state index is 11.1. The SMILES string of the molecule is CCNC(=O)CNCC1(O)CCCC1. The van der Waals surface area contributed by atoms with E-state index >= 15 is 0 Å². The van der Waals surface area contributed by atoms with Crippen molar-refractivity contribution in [3.63, 3.8) is 0 Å². The first-order valence-corrected chi connectivity index (χ1v) is 5.36. The molecule has 0 bridgehead atoms. The second kappa shape index (κ2) is 5.32. The second-order valence-corrected chi connectivity index (χ2v) is 3.99. The molecule has 0 atom stereocenters. The van der Waals surface area contributed by atoms with Crippen LogP contribution in [0.25, 0.3) is 0 Å². The van der Waals surface area contributed by atoms with E-state index in [2.05, 4.69) is 10.6 Å². The summed E-state index contributed by atoms with van der Waals surface area (Å²) in [5, 5.41) is 15.6. The predicted octanol–water partition coefficient (Wildman–Crippen LogP) is 0.0172. The average Bonchev–Trinajstić information content (AvgIpc) is 2.53. The number of rotatable bonds is 5. The highest BCUT2D eigenvalue weighted by atomic mass is 16.3. The highest BCUT2D eigenvalue weighted by Crippen LogP contribution is 2.28. The molecule has 0 unspecified atom stereocenters. The zero-order valence-electron chi connectivity index (χ0n) is 8.81. The molecule has 1 saturated carbocycles. The van der Waals surface area contributed by atoms with Gasteiger partial charge in [0.2, 0.25) is 5.91 Å². The molecule has 4 heteroatoms. The van der Waals surface area contributed by atoms with Crippen molar-refractivity contribution in [3.8, 4) is 0 Å². The van der Waals surface area contributed by atoms with Crippen LogP contribution in [0.2, 0.25) is 0 Å². The van der Waals surface area contributed by atoms with E-state index in [1.165, 1.54) is 0 Å². The van der Waals surface area contributed by atoms with Gasteiger partial charge in [-0.05, 0) is 19.8 Å². The molecule has 14 heavy (non-hydrogen) atoms. The molecule has 1 rings (SSSR count). The van der Waals surface area contributed by atoms with Crippen LogP contribution >= 0.6 is 0 Å². The molecule has 0 radical (unpaired) electrons. The minimum absolute atomic E-state index is 0.00547. The van der Waals surface area contributed by atoms with Crippen LogP contribution < -0.4 is 10.6 Å². The van der Waals surface area contributed by atoms with Gasteiger partial charge in [0.1, 0.15) is 0 Å². The van der Waals surface area contributed by atoms with Crippen molar-refractivity contribution in [2.45, 2.75) is 38.2 Å². The Kier molecular flexibility index (Phi) is 4.35. The fourth-order valence-electron chi connectivity index (χ4n) is 1.88. The van der Waals surface area contributed by atoms with Gasteiger partial charge in [-0.1, -0.05) is 12.8 Å². The third-order valence-corrected chi connectivity index (χ3v) is 2.65. The maximum Gasteiger partial charge on any atom is 0.233 e. The monoisotopic (exact) mass is 200 g/mol. The Hall–Kier alpha value is -0.610. The van der Waals surface area contributed by atoms with Gasteiger partial charge in [0.05, 0.1) is 12.1 Å². The first kappa shape index (κ1) is 11.5.